The number of likely N-dealkylation sites (N-methyl/N-ethyl adjacent to an activating group) is 1. The molecule has 0 radical (unpaired) electrons. The normalized spacial score (nSPS) is 12.9. The van der Waals surface area contributed by atoms with Crippen LogP contribution in [0.2, 0.25) is 0 Å². The van der Waals surface area contributed by atoms with E-state index in [2.05, 4.69) is 69.6 Å². The predicted octanol–water partition coefficient (Wildman–Crippen LogP) is 3.72. The zero-order valence-electron chi connectivity index (χ0n) is 15.1. The van der Waals surface area contributed by atoms with Crippen molar-refractivity contribution in [2.45, 2.75) is 66.1 Å². The van der Waals surface area contributed by atoms with Gasteiger partial charge in [-0.3, -0.25) is 0 Å². The second-order valence-electron chi connectivity index (χ2n) is 7.94. The second kappa shape index (κ2) is 8.93. The van der Waals surface area contributed by atoms with Crippen molar-refractivity contribution in [3.63, 3.8) is 0 Å². The smallest absolute Gasteiger partial charge is 0.102 e. The molecule has 0 aromatic carbocycles. The van der Waals surface area contributed by atoms with E-state index in [1.54, 1.807) is 0 Å². The Bertz CT molecular complexity index is 192. The highest BCUT2D eigenvalue weighted by Crippen LogP contribution is 2.06. The zero-order chi connectivity index (χ0) is 15.7. The van der Waals surface area contributed by atoms with Gasteiger partial charge in [-0.1, -0.05) is 6.92 Å². The highest BCUT2D eigenvalue weighted by molar-refractivity contribution is 4.58. The fraction of sp³-hybridized carbons (Fsp3) is 1.00. The molecule has 0 N–H and O–H groups in total. The monoisotopic (exact) mass is 276 g/mol. The van der Waals surface area contributed by atoms with Gasteiger partial charge in [0, 0.05) is 6.61 Å². The number of quaternary nitrogens is 1. The molecular weight excluding hydrogens is 238 g/mol. The van der Waals surface area contributed by atoms with Crippen molar-refractivity contribution < 1.29 is 14.0 Å². The Kier molecular flexibility index (Phi) is 9.96. The maximum Gasteiger partial charge on any atom is 0.102 e. The Morgan fingerprint density at radius 3 is 1.32 bits per heavy atom. The maximum absolute atomic E-state index is 5.59. The van der Waals surface area contributed by atoms with Crippen molar-refractivity contribution in [3.05, 3.63) is 0 Å². The Morgan fingerprint density at radius 2 is 1.11 bits per heavy atom. The molecule has 0 rings (SSSR count). The molecule has 0 fully saturated rings. The summed E-state index contributed by atoms with van der Waals surface area (Å²) in [5.74, 6) is 0. The van der Waals surface area contributed by atoms with E-state index >= 15 is 0 Å². The summed E-state index contributed by atoms with van der Waals surface area (Å²) in [5.41, 5.74) is 0.0607. The van der Waals surface area contributed by atoms with Gasteiger partial charge in [0.2, 0.25) is 0 Å². The van der Waals surface area contributed by atoms with Crippen molar-refractivity contribution in [1.29, 1.82) is 0 Å². The molecule has 0 spiro atoms. The molecule has 3 heteroatoms. The third-order valence-corrected chi connectivity index (χ3v) is 2.04. The average Bonchev–Trinajstić information content (AvgIpc) is 2.10. The van der Waals surface area contributed by atoms with E-state index in [0.717, 1.165) is 30.7 Å². The zero-order valence-corrected chi connectivity index (χ0v) is 15.1. The number of hydrogen-bond donors (Lipinski definition) is 0. The number of ether oxygens (including phenoxy) is 2. The van der Waals surface area contributed by atoms with E-state index in [4.69, 9.17) is 9.47 Å². The minimum absolute atomic E-state index is 0.00910. The van der Waals surface area contributed by atoms with Crippen LogP contribution in [0.5, 0.6) is 0 Å². The van der Waals surface area contributed by atoms with Crippen LogP contribution in [0, 0.1) is 0 Å². The van der Waals surface area contributed by atoms with E-state index in [9.17, 15) is 0 Å². The number of nitrogens with zero attached hydrogens (tertiary/aromatic N) is 1. The van der Waals surface area contributed by atoms with Crippen LogP contribution in [0.3, 0.4) is 0 Å². The van der Waals surface area contributed by atoms with Gasteiger partial charge >= 0.3 is 0 Å². The molecule has 118 valence electrons. The first kappa shape index (κ1) is 21.2. The molecule has 0 aromatic rings. The molecule has 0 saturated carbocycles. The number of rotatable bonds is 5. The standard InChI is InChI=1S/C9H22NO.C7H16O/c1-9(2,3)11-8-7-10(4,5)6;1-5-6-8-7(2,3)4/h7-8H2,1-6H3;5-6H2,1-4H3/q+1;. The fourth-order valence-electron chi connectivity index (χ4n) is 1.03. The summed E-state index contributed by atoms with van der Waals surface area (Å²) in [6, 6.07) is 0. The molecule has 0 bridgehead atoms. The summed E-state index contributed by atoms with van der Waals surface area (Å²) in [6.45, 7) is 17.4. The van der Waals surface area contributed by atoms with Gasteiger partial charge in [0.1, 0.15) is 6.54 Å². The summed E-state index contributed by atoms with van der Waals surface area (Å²) >= 11 is 0. The molecule has 0 aromatic heterocycles. The molecule has 19 heavy (non-hydrogen) atoms. The van der Waals surface area contributed by atoms with Gasteiger partial charge < -0.3 is 14.0 Å². The van der Waals surface area contributed by atoms with Crippen molar-refractivity contribution in [3.8, 4) is 0 Å². The third-order valence-electron chi connectivity index (χ3n) is 2.04. The van der Waals surface area contributed by atoms with Crippen molar-refractivity contribution >= 4 is 0 Å². The fourth-order valence-corrected chi connectivity index (χ4v) is 1.03. The van der Waals surface area contributed by atoms with E-state index in [-0.39, 0.29) is 11.2 Å². The summed E-state index contributed by atoms with van der Waals surface area (Å²) in [4.78, 5) is 0. The first-order chi connectivity index (χ1) is 8.27. The molecular formula is C16H38NO2+. The molecule has 0 heterocycles. The lowest BCUT2D eigenvalue weighted by Crippen LogP contribution is -2.39. The van der Waals surface area contributed by atoms with Crippen LogP contribution >= 0.6 is 0 Å². The first-order valence-corrected chi connectivity index (χ1v) is 7.35. The largest absolute Gasteiger partial charge is 0.376 e. The van der Waals surface area contributed by atoms with Gasteiger partial charge in [-0.25, -0.2) is 0 Å². The molecule has 3 nitrogen and oxygen atoms in total. The summed E-state index contributed by atoms with van der Waals surface area (Å²) in [5, 5.41) is 0. The summed E-state index contributed by atoms with van der Waals surface area (Å²) in [7, 11) is 6.52. The predicted molar refractivity (Wildman–Crippen MR) is 84.6 cm³/mol. The second-order valence-corrected chi connectivity index (χ2v) is 7.94. The van der Waals surface area contributed by atoms with Crippen molar-refractivity contribution in [1.82, 2.24) is 0 Å². The quantitative estimate of drug-likeness (QED) is 0.713. The lowest BCUT2D eigenvalue weighted by molar-refractivity contribution is -0.871. The van der Waals surface area contributed by atoms with E-state index in [0.29, 0.717) is 0 Å². The Labute approximate surface area is 121 Å². The van der Waals surface area contributed by atoms with Crippen LogP contribution in [0.25, 0.3) is 0 Å². The minimum atomic E-state index is 0.00910. The van der Waals surface area contributed by atoms with E-state index < -0.39 is 0 Å². The summed E-state index contributed by atoms with van der Waals surface area (Å²) < 4.78 is 11.9. The Morgan fingerprint density at radius 1 is 0.737 bits per heavy atom. The van der Waals surface area contributed by atoms with E-state index in [1.807, 2.05) is 0 Å². The van der Waals surface area contributed by atoms with Crippen LogP contribution in [0.1, 0.15) is 54.9 Å². The van der Waals surface area contributed by atoms with Gasteiger partial charge in [-0.05, 0) is 48.0 Å². The van der Waals surface area contributed by atoms with Crippen LogP contribution in [-0.4, -0.2) is 56.6 Å². The van der Waals surface area contributed by atoms with Crippen molar-refractivity contribution in [2.24, 2.45) is 0 Å². The van der Waals surface area contributed by atoms with Gasteiger partial charge in [0.15, 0.2) is 0 Å². The first-order valence-electron chi connectivity index (χ1n) is 7.35. The van der Waals surface area contributed by atoms with Gasteiger partial charge in [-0.2, -0.15) is 0 Å². The van der Waals surface area contributed by atoms with Gasteiger partial charge in [0.25, 0.3) is 0 Å². The molecule has 0 aliphatic carbocycles. The lowest BCUT2D eigenvalue weighted by Gasteiger charge is -2.26. The molecule has 0 saturated heterocycles. The molecule has 0 aliphatic heterocycles. The maximum atomic E-state index is 5.59. The van der Waals surface area contributed by atoms with Crippen LogP contribution in [-0.2, 0) is 9.47 Å². The Balaban J connectivity index is 0. The topological polar surface area (TPSA) is 18.5 Å². The average molecular weight is 276 g/mol. The summed E-state index contributed by atoms with van der Waals surface area (Å²) in [6.07, 6.45) is 1.11. The van der Waals surface area contributed by atoms with Crippen LogP contribution in [0.4, 0.5) is 0 Å². The molecule has 0 amide bonds. The van der Waals surface area contributed by atoms with Crippen LogP contribution in [0.15, 0.2) is 0 Å². The van der Waals surface area contributed by atoms with Crippen LogP contribution < -0.4 is 0 Å². The highest BCUT2D eigenvalue weighted by atomic mass is 16.5. The highest BCUT2D eigenvalue weighted by Gasteiger charge is 2.13. The third kappa shape index (κ3) is 27.2. The molecule has 0 aliphatic rings. The van der Waals surface area contributed by atoms with E-state index in [1.165, 1.54) is 0 Å². The van der Waals surface area contributed by atoms with Gasteiger partial charge in [-0.15, -0.1) is 0 Å². The molecule has 0 unspecified atom stereocenters. The SMILES string of the molecule is CC(C)(C)OCC[N+](C)(C)C.CCCOC(C)(C)C. The minimum Gasteiger partial charge on any atom is -0.376 e. The van der Waals surface area contributed by atoms with Gasteiger partial charge in [0.05, 0.1) is 39.0 Å². The Hall–Kier alpha value is -0.120. The number of hydrogen-bond acceptors (Lipinski definition) is 2. The lowest BCUT2D eigenvalue weighted by atomic mass is 10.2. The van der Waals surface area contributed by atoms with Crippen molar-refractivity contribution in [2.75, 3.05) is 40.9 Å². The molecule has 0 atom stereocenters.